The van der Waals surface area contributed by atoms with Crippen molar-refractivity contribution >= 4 is 17.4 Å². The molecule has 0 aliphatic carbocycles. The Morgan fingerprint density at radius 1 is 1.35 bits per heavy atom. The van der Waals surface area contributed by atoms with Crippen LogP contribution in [0.15, 0.2) is 34.9 Å². The van der Waals surface area contributed by atoms with Gasteiger partial charge in [0.1, 0.15) is 28.9 Å². The Bertz CT molecular complexity index is 1130. The first-order valence-corrected chi connectivity index (χ1v) is 10.1. The van der Waals surface area contributed by atoms with Crippen LogP contribution in [0, 0.1) is 18.6 Å². The van der Waals surface area contributed by atoms with Gasteiger partial charge in [0.25, 0.3) is 5.56 Å². The van der Waals surface area contributed by atoms with E-state index in [1.807, 2.05) is 32.0 Å². The van der Waals surface area contributed by atoms with Crippen LogP contribution >= 0.6 is 11.6 Å². The molecule has 0 amide bonds. The van der Waals surface area contributed by atoms with Crippen LogP contribution in [0.3, 0.4) is 0 Å². The Hall–Kier alpha value is -2.74. The SMILES string of the molecule is CC(=O)[C@H]1CC(C)(n2c(C)cc(OCc3ncc(F)cc3F)c(Cl)c2=O)C(C)=CN1C. The summed E-state index contributed by atoms with van der Waals surface area (Å²) in [6.45, 7) is 6.74. The standard InChI is InChI=1S/C22H24ClF2N3O3/c1-12-10-27(5)18(14(3)29)8-22(12,4)28-13(2)6-19(20(23)21(28)30)31-11-17-16(25)7-15(24)9-26-17/h6-7,9-10,18H,8,11H2,1-5H3/t18-,22?/m1/s1. The van der Waals surface area contributed by atoms with Gasteiger partial charge in [0.15, 0.2) is 11.6 Å². The third-order valence-electron chi connectivity index (χ3n) is 5.84. The van der Waals surface area contributed by atoms with Crippen LogP contribution in [0.25, 0.3) is 0 Å². The number of Topliss-reactive ketones (excluding diaryl/α,β-unsaturated/α-hetero) is 1. The first kappa shape index (κ1) is 22.9. The number of pyridine rings is 2. The van der Waals surface area contributed by atoms with Gasteiger partial charge in [0.05, 0.1) is 17.8 Å². The maximum Gasteiger partial charge on any atom is 0.274 e. The summed E-state index contributed by atoms with van der Waals surface area (Å²) < 4.78 is 34.0. The van der Waals surface area contributed by atoms with Crippen LogP contribution < -0.4 is 10.3 Å². The quantitative estimate of drug-likeness (QED) is 0.688. The number of carbonyl (C=O) groups is 1. The summed E-state index contributed by atoms with van der Waals surface area (Å²) in [7, 11) is 1.83. The van der Waals surface area contributed by atoms with Crippen LogP contribution in [0.4, 0.5) is 8.78 Å². The molecule has 6 nitrogen and oxygen atoms in total. The predicted octanol–water partition coefficient (Wildman–Crippen LogP) is 3.97. The molecule has 3 heterocycles. The van der Waals surface area contributed by atoms with Gasteiger partial charge in [-0.1, -0.05) is 11.6 Å². The van der Waals surface area contributed by atoms with Gasteiger partial charge >= 0.3 is 0 Å². The number of hydrogen-bond donors (Lipinski definition) is 0. The number of nitrogens with zero attached hydrogens (tertiary/aromatic N) is 3. The van der Waals surface area contributed by atoms with E-state index in [2.05, 4.69) is 4.98 Å². The summed E-state index contributed by atoms with van der Waals surface area (Å²) in [6, 6.07) is 1.92. The van der Waals surface area contributed by atoms with E-state index in [0.29, 0.717) is 18.2 Å². The zero-order valence-corrected chi connectivity index (χ0v) is 18.8. The van der Waals surface area contributed by atoms with Crippen LogP contribution in [-0.2, 0) is 16.9 Å². The third-order valence-corrected chi connectivity index (χ3v) is 6.19. The molecule has 3 rings (SSSR count). The minimum Gasteiger partial charge on any atom is -0.485 e. The van der Waals surface area contributed by atoms with Crippen molar-refractivity contribution in [3.05, 3.63) is 68.5 Å². The highest BCUT2D eigenvalue weighted by Gasteiger charge is 2.40. The summed E-state index contributed by atoms with van der Waals surface area (Å²) in [5.41, 5.74) is 0.117. The van der Waals surface area contributed by atoms with Gasteiger partial charge in [0, 0.05) is 37.5 Å². The number of carbonyl (C=O) groups excluding carboxylic acids is 1. The number of rotatable bonds is 5. The highest BCUT2D eigenvalue weighted by molar-refractivity contribution is 6.31. The maximum atomic E-state index is 13.8. The number of ether oxygens (including phenoxy) is 1. The molecule has 0 radical (unpaired) electrons. The molecule has 2 aromatic heterocycles. The van der Waals surface area contributed by atoms with Gasteiger partial charge in [-0.25, -0.2) is 8.78 Å². The molecule has 0 saturated heterocycles. The number of hydrogen-bond acceptors (Lipinski definition) is 5. The number of likely N-dealkylation sites (N-methyl/N-ethyl adjacent to an activating group) is 1. The number of halogens is 3. The summed E-state index contributed by atoms with van der Waals surface area (Å²) in [4.78, 5) is 30.9. The second-order valence-corrected chi connectivity index (χ2v) is 8.44. The maximum absolute atomic E-state index is 13.8. The fourth-order valence-corrected chi connectivity index (χ4v) is 4.20. The van der Waals surface area contributed by atoms with E-state index < -0.39 is 22.7 Å². The van der Waals surface area contributed by atoms with Crippen molar-refractivity contribution in [2.24, 2.45) is 0 Å². The van der Waals surface area contributed by atoms with Gasteiger partial charge in [-0.05, 0) is 33.3 Å². The summed E-state index contributed by atoms with van der Waals surface area (Å²) >= 11 is 6.33. The Balaban J connectivity index is 1.99. The van der Waals surface area contributed by atoms with E-state index in [0.717, 1.165) is 11.8 Å². The van der Waals surface area contributed by atoms with Gasteiger partial charge in [-0.3, -0.25) is 14.6 Å². The molecule has 0 N–H and O–H groups in total. The molecule has 0 fully saturated rings. The number of ketones is 1. The molecule has 166 valence electrons. The second-order valence-electron chi connectivity index (χ2n) is 8.06. The van der Waals surface area contributed by atoms with E-state index in [1.54, 1.807) is 17.6 Å². The summed E-state index contributed by atoms with van der Waals surface area (Å²) in [5.74, 6) is -1.57. The molecule has 0 bridgehead atoms. The molecular weight excluding hydrogens is 428 g/mol. The van der Waals surface area contributed by atoms with Crippen LogP contribution in [0.2, 0.25) is 5.02 Å². The van der Waals surface area contributed by atoms with Gasteiger partial charge in [-0.15, -0.1) is 0 Å². The molecule has 1 aliphatic rings. The lowest BCUT2D eigenvalue weighted by atomic mass is 9.81. The zero-order valence-electron chi connectivity index (χ0n) is 18.0. The van der Waals surface area contributed by atoms with E-state index in [9.17, 15) is 18.4 Å². The van der Waals surface area contributed by atoms with Gasteiger partial charge in [0.2, 0.25) is 0 Å². The van der Waals surface area contributed by atoms with Crippen LogP contribution in [0.1, 0.15) is 38.6 Å². The van der Waals surface area contributed by atoms with Crippen LogP contribution in [-0.4, -0.2) is 33.3 Å². The third kappa shape index (κ3) is 4.21. The fraction of sp³-hybridized carbons (Fsp3) is 0.409. The van der Waals surface area contributed by atoms with E-state index in [1.165, 1.54) is 6.92 Å². The Kier molecular flexibility index (Phi) is 6.23. The normalized spacial score (nSPS) is 21.1. The topological polar surface area (TPSA) is 64.4 Å². The molecule has 2 atom stereocenters. The first-order chi connectivity index (χ1) is 14.5. The summed E-state index contributed by atoms with van der Waals surface area (Å²) in [6.07, 6.45) is 3.15. The lowest BCUT2D eigenvalue weighted by Crippen LogP contribution is -2.51. The number of aryl methyl sites for hydroxylation is 1. The second kappa shape index (κ2) is 8.42. The van der Waals surface area contributed by atoms with Crippen molar-refractivity contribution in [3.8, 4) is 5.75 Å². The van der Waals surface area contributed by atoms with Crippen molar-refractivity contribution in [3.63, 3.8) is 0 Å². The smallest absolute Gasteiger partial charge is 0.274 e. The van der Waals surface area contributed by atoms with E-state index in [-0.39, 0.29) is 34.9 Å². The molecule has 1 unspecified atom stereocenters. The molecule has 0 spiro atoms. The Labute approximate surface area is 184 Å². The minimum absolute atomic E-state index is 0.00283. The van der Waals surface area contributed by atoms with Crippen molar-refractivity contribution in [1.29, 1.82) is 0 Å². The van der Waals surface area contributed by atoms with Crippen molar-refractivity contribution in [1.82, 2.24) is 14.5 Å². The van der Waals surface area contributed by atoms with Crippen LogP contribution in [0.5, 0.6) is 5.75 Å². The lowest BCUT2D eigenvalue weighted by Gasteiger charge is -2.44. The van der Waals surface area contributed by atoms with E-state index >= 15 is 0 Å². The van der Waals surface area contributed by atoms with Crippen molar-refractivity contribution < 1.29 is 18.3 Å². The molecule has 31 heavy (non-hydrogen) atoms. The molecule has 1 aliphatic heterocycles. The Morgan fingerprint density at radius 3 is 2.65 bits per heavy atom. The van der Waals surface area contributed by atoms with Crippen molar-refractivity contribution in [2.45, 2.75) is 52.3 Å². The Morgan fingerprint density at radius 2 is 2.03 bits per heavy atom. The molecular formula is C22H24ClF2N3O3. The summed E-state index contributed by atoms with van der Waals surface area (Å²) in [5, 5.41) is -0.166. The predicted molar refractivity (Wildman–Crippen MR) is 113 cm³/mol. The highest BCUT2D eigenvalue weighted by Crippen LogP contribution is 2.37. The lowest BCUT2D eigenvalue weighted by molar-refractivity contribution is -0.122. The molecule has 9 heteroatoms. The molecule has 2 aromatic rings. The van der Waals surface area contributed by atoms with Gasteiger partial charge in [-0.2, -0.15) is 0 Å². The highest BCUT2D eigenvalue weighted by atomic mass is 35.5. The number of allylic oxidation sites excluding steroid dienone is 1. The number of aromatic nitrogens is 2. The largest absolute Gasteiger partial charge is 0.485 e. The first-order valence-electron chi connectivity index (χ1n) is 9.72. The average molecular weight is 452 g/mol. The fourth-order valence-electron chi connectivity index (χ4n) is 4.01. The van der Waals surface area contributed by atoms with E-state index in [4.69, 9.17) is 16.3 Å². The average Bonchev–Trinajstić information content (AvgIpc) is 2.67. The molecule has 0 saturated carbocycles. The monoisotopic (exact) mass is 451 g/mol. The zero-order chi connectivity index (χ0) is 23.1. The van der Waals surface area contributed by atoms with Gasteiger partial charge < -0.3 is 14.2 Å². The van der Waals surface area contributed by atoms with Crippen molar-refractivity contribution in [2.75, 3.05) is 7.05 Å². The molecule has 0 aromatic carbocycles. The minimum atomic E-state index is -0.851.